The van der Waals surface area contributed by atoms with E-state index in [0.29, 0.717) is 11.3 Å². The Morgan fingerprint density at radius 2 is 1.96 bits per heavy atom. The Balaban J connectivity index is 1.99. The maximum Gasteiger partial charge on any atom is 0.412 e. The lowest BCUT2D eigenvalue weighted by Crippen LogP contribution is -2.16. The van der Waals surface area contributed by atoms with Crippen molar-refractivity contribution in [2.24, 2.45) is 0 Å². The number of hydrogen-bond acceptors (Lipinski definition) is 4. The van der Waals surface area contributed by atoms with Crippen LogP contribution in [0, 0.1) is 15.9 Å². The number of anilines is 1. The smallest absolute Gasteiger partial charge is 0.412 e. The molecule has 1 amide bonds. The zero-order valence-electron chi connectivity index (χ0n) is 12.0. The van der Waals surface area contributed by atoms with E-state index in [1.807, 2.05) is 0 Å². The predicted molar refractivity (Wildman–Crippen MR) is 83.0 cm³/mol. The van der Waals surface area contributed by atoms with Crippen LogP contribution in [-0.2, 0) is 4.74 Å². The van der Waals surface area contributed by atoms with Crippen molar-refractivity contribution in [3.8, 4) is 0 Å². The van der Waals surface area contributed by atoms with Gasteiger partial charge in [0.25, 0.3) is 5.69 Å². The Morgan fingerprint density at radius 1 is 1.30 bits per heavy atom. The van der Waals surface area contributed by atoms with Crippen LogP contribution in [-0.4, -0.2) is 11.0 Å². The first-order valence-electron chi connectivity index (χ1n) is 6.54. The molecule has 1 atom stereocenters. The SMILES string of the molecule is CC(OC(=O)Nc1ccc([N+](=O)[O-])cc1)c1ccc(F)cc1Cl. The molecule has 0 fully saturated rings. The van der Waals surface area contributed by atoms with Gasteiger partial charge in [0.2, 0.25) is 0 Å². The number of carbonyl (C=O) groups excluding carboxylic acids is 1. The van der Waals surface area contributed by atoms with Gasteiger partial charge in [-0.3, -0.25) is 15.4 Å². The van der Waals surface area contributed by atoms with Crippen LogP contribution >= 0.6 is 11.6 Å². The molecule has 6 nitrogen and oxygen atoms in total. The van der Waals surface area contributed by atoms with Crippen molar-refractivity contribution in [1.29, 1.82) is 0 Å². The third-order valence-electron chi connectivity index (χ3n) is 3.01. The Morgan fingerprint density at radius 3 is 2.52 bits per heavy atom. The summed E-state index contributed by atoms with van der Waals surface area (Å²) in [6.45, 7) is 1.59. The summed E-state index contributed by atoms with van der Waals surface area (Å²) in [7, 11) is 0. The first-order chi connectivity index (χ1) is 10.9. The Hall–Kier alpha value is -2.67. The van der Waals surface area contributed by atoms with Crippen LogP contribution in [0.5, 0.6) is 0 Å². The topological polar surface area (TPSA) is 81.5 Å². The molecule has 120 valence electrons. The molecule has 0 bridgehead atoms. The molecule has 2 rings (SSSR count). The Labute approximate surface area is 136 Å². The Bertz CT molecular complexity index is 737. The summed E-state index contributed by atoms with van der Waals surface area (Å²) < 4.78 is 18.1. The maximum atomic E-state index is 13.0. The minimum Gasteiger partial charge on any atom is -0.441 e. The predicted octanol–water partition coefficient (Wildman–Crippen LogP) is 4.70. The molecule has 0 saturated carbocycles. The summed E-state index contributed by atoms with van der Waals surface area (Å²) in [5.74, 6) is -0.485. The number of nitrogens with zero attached hydrogens (tertiary/aromatic N) is 1. The quantitative estimate of drug-likeness (QED) is 0.647. The molecule has 0 aliphatic heterocycles. The van der Waals surface area contributed by atoms with Crippen LogP contribution in [0.4, 0.5) is 20.6 Å². The fourth-order valence-electron chi connectivity index (χ4n) is 1.87. The van der Waals surface area contributed by atoms with Crippen molar-refractivity contribution in [2.75, 3.05) is 5.32 Å². The monoisotopic (exact) mass is 338 g/mol. The Kier molecular flexibility index (Phi) is 5.13. The number of rotatable bonds is 4. The molecule has 0 aromatic heterocycles. The van der Waals surface area contributed by atoms with E-state index < -0.39 is 22.9 Å². The van der Waals surface area contributed by atoms with Gasteiger partial charge in [-0.15, -0.1) is 0 Å². The van der Waals surface area contributed by atoms with E-state index in [2.05, 4.69) is 5.32 Å². The molecule has 0 aliphatic carbocycles. The molecule has 1 N–H and O–H groups in total. The van der Waals surface area contributed by atoms with Gasteiger partial charge in [0, 0.05) is 23.4 Å². The summed E-state index contributed by atoms with van der Waals surface area (Å²) >= 11 is 5.90. The van der Waals surface area contributed by atoms with Gasteiger partial charge in [0.1, 0.15) is 11.9 Å². The number of carbonyl (C=O) groups is 1. The average Bonchev–Trinajstić information content (AvgIpc) is 2.47. The normalized spacial score (nSPS) is 11.6. The summed E-state index contributed by atoms with van der Waals surface area (Å²) in [5, 5.41) is 13.1. The van der Waals surface area contributed by atoms with Crippen molar-refractivity contribution in [3.05, 3.63) is 69.0 Å². The van der Waals surface area contributed by atoms with Gasteiger partial charge in [-0.1, -0.05) is 17.7 Å². The minimum absolute atomic E-state index is 0.0876. The molecule has 0 heterocycles. The molecule has 0 radical (unpaired) electrons. The third-order valence-corrected chi connectivity index (χ3v) is 3.34. The fraction of sp³-hybridized carbons (Fsp3) is 0.133. The van der Waals surface area contributed by atoms with E-state index >= 15 is 0 Å². The van der Waals surface area contributed by atoms with E-state index in [0.717, 1.165) is 6.07 Å². The molecule has 0 aliphatic rings. The number of ether oxygens (including phenoxy) is 1. The van der Waals surface area contributed by atoms with Gasteiger partial charge in [0.15, 0.2) is 0 Å². The zero-order valence-corrected chi connectivity index (χ0v) is 12.7. The molecule has 0 saturated heterocycles. The average molecular weight is 339 g/mol. The fourth-order valence-corrected chi connectivity index (χ4v) is 2.19. The second-order valence-electron chi connectivity index (χ2n) is 4.64. The highest BCUT2D eigenvalue weighted by Crippen LogP contribution is 2.26. The second-order valence-corrected chi connectivity index (χ2v) is 5.05. The molecule has 1 unspecified atom stereocenters. The largest absolute Gasteiger partial charge is 0.441 e. The molecular weight excluding hydrogens is 327 g/mol. The number of hydrogen-bond donors (Lipinski definition) is 1. The van der Waals surface area contributed by atoms with E-state index in [1.165, 1.54) is 36.4 Å². The highest BCUT2D eigenvalue weighted by atomic mass is 35.5. The minimum atomic E-state index is -0.758. The van der Waals surface area contributed by atoms with Gasteiger partial charge in [-0.2, -0.15) is 0 Å². The van der Waals surface area contributed by atoms with Crippen molar-refractivity contribution < 1.29 is 18.8 Å². The maximum absolute atomic E-state index is 13.0. The van der Waals surface area contributed by atoms with Crippen LogP contribution in [0.2, 0.25) is 5.02 Å². The van der Waals surface area contributed by atoms with E-state index in [4.69, 9.17) is 16.3 Å². The third kappa shape index (κ3) is 4.40. The summed E-state index contributed by atoms with van der Waals surface area (Å²) in [5.41, 5.74) is 0.722. The number of benzene rings is 2. The van der Waals surface area contributed by atoms with Gasteiger partial charge in [-0.25, -0.2) is 9.18 Å². The number of amides is 1. The van der Waals surface area contributed by atoms with Crippen LogP contribution in [0.1, 0.15) is 18.6 Å². The van der Waals surface area contributed by atoms with Crippen molar-refractivity contribution in [3.63, 3.8) is 0 Å². The zero-order chi connectivity index (χ0) is 17.0. The first-order valence-corrected chi connectivity index (χ1v) is 6.91. The summed E-state index contributed by atoms with van der Waals surface area (Å²) in [6, 6.07) is 9.07. The summed E-state index contributed by atoms with van der Waals surface area (Å²) in [6.07, 6.45) is -1.45. The first kappa shape index (κ1) is 16.7. The van der Waals surface area contributed by atoms with Gasteiger partial charge in [0.05, 0.1) is 9.95 Å². The van der Waals surface area contributed by atoms with E-state index in [1.54, 1.807) is 6.92 Å². The van der Waals surface area contributed by atoms with Gasteiger partial charge < -0.3 is 4.74 Å². The molecule has 2 aromatic carbocycles. The standard InChI is InChI=1S/C15H12ClFN2O4/c1-9(13-7-2-10(17)8-14(13)16)23-15(20)18-11-3-5-12(6-4-11)19(21)22/h2-9H,1H3,(H,18,20). The number of nitro groups is 1. The van der Waals surface area contributed by atoms with Crippen LogP contribution in [0.25, 0.3) is 0 Å². The van der Waals surface area contributed by atoms with Crippen LogP contribution < -0.4 is 5.32 Å². The molecule has 0 spiro atoms. The second kappa shape index (κ2) is 7.06. The number of halogens is 2. The van der Waals surface area contributed by atoms with Crippen LogP contribution in [0.15, 0.2) is 42.5 Å². The van der Waals surface area contributed by atoms with E-state index in [-0.39, 0.29) is 10.7 Å². The molecule has 2 aromatic rings. The number of nitro benzene ring substituents is 1. The lowest BCUT2D eigenvalue weighted by atomic mass is 10.1. The molecule has 23 heavy (non-hydrogen) atoms. The van der Waals surface area contributed by atoms with Gasteiger partial charge >= 0.3 is 6.09 Å². The van der Waals surface area contributed by atoms with Crippen LogP contribution in [0.3, 0.4) is 0 Å². The highest BCUT2D eigenvalue weighted by molar-refractivity contribution is 6.31. The lowest BCUT2D eigenvalue weighted by molar-refractivity contribution is -0.384. The molecular formula is C15H12ClFN2O4. The number of non-ortho nitro benzene ring substituents is 1. The number of nitrogens with one attached hydrogen (secondary N) is 1. The van der Waals surface area contributed by atoms with Crippen molar-refractivity contribution in [2.45, 2.75) is 13.0 Å². The van der Waals surface area contributed by atoms with Crippen molar-refractivity contribution in [1.82, 2.24) is 0 Å². The van der Waals surface area contributed by atoms with Crippen molar-refractivity contribution >= 4 is 29.1 Å². The highest BCUT2D eigenvalue weighted by Gasteiger charge is 2.15. The van der Waals surface area contributed by atoms with Gasteiger partial charge in [-0.05, 0) is 31.2 Å². The summed E-state index contributed by atoms with van der Waals surface area (Å²) in [4.78, 5) is 21.8. The van der Waals surface area contributed by atoms with E-state index in [9.17, 15) is 19.3 Å². The molecule has 8 heteroatoms. The lowest BCUT2D eigenvalue weighted by Gasteiger charge is -2.15.